The van der Waals surface area contributed by atoms with E-state index in [2.05, 4.69) is 266 Å². The van der Waals surface area contributed by atoms with Gasteiger partial charge in [0.05, 0.1) is 5.69 Å². The molecule has 0 aliphatic rings. The zero-order chi connectivity index (χ0) is 43.8. The van der Waals surface area contributed by atoms with Crippen LogP contribution in [0.2, 0.25) is 0 Å². The van der Waals surface area contributed by atoms with Gasteiger partial charge in [0.15, 0.2) is 0 Å². The van der Waals surface area contributed by atoms with Gasteiger partial charge in [-0.2, -0.15) is 0 Å². The Morgan fingerprint density at radius 3 is 1.42 bits per heavy atom. The zero-order valence-corrected chi connectivity index (χ0v) is 37.0. The first-order chi connectivity index (χ1) is 32.7. The van der Waals surface area contributed by atoms with Crippen molar-refractivity contribution in [2.45, 2.75) is 0 Å². The van der Waals surface area contributed by atoms with Crippen molar-refractivity contribution in [1.82, 2.24) is 0 Å². The van der Waals surface area contributed by atoms with Crippen molar-refractivity contribution in [1.29, 1.82) is 0 Å². The van der Waals surface area contributed by atoms with E-state index in [0.29, 0.717) is 0 Å². The van der Waals surface area contributed by atoms with Crippen LogP contribution in [0.25, 0.3) is 97.7 Å². The van der Waals surface area contributed by atoms with Crippen molar-refractivity contribution in [2.75, 3.05) is 4.90 Å². The smallest absolute Gasteiger partial charge is 0.0546 e. The number of nitrogens with zero attached hydrogens (tertiary/aromatic N) is 1. The molecule has 1 nitrogen and oxygen atoms in total. The van der Waals surface area contributed by atoms with E-state index in [4.69, 9.17) is 0 Å². The van der Waals surface area contributed by atoms with Crippen LogP contribution >= 0.6 is 11.3 Å². The van der Waals surface area contributed by atoms with Crippen LogP contribution in [0.3, 0.4) is 0 Å². The summed E-state index contributed by atoms with van der Waals surface area (Å²) >= 11 is 1.86. The molecule has 0 amide bonds. The molecule has 0 atom stereocenters. The molecule has 12 aromatic rings. The number of benzene rings is 11. The molecule has 2 heteroatoms. The van der Waals surface area contributed by atoms with Gasteiger partial charge in [-0.05, 0) is 114 Å². The van der Waals surface area contributed by atoms with Gasteiger partial charge in [0.1, 0.15) is 0 Å². The van der Waals surface area contributed by atoms with Gasteiger partial charge in [0, 0.05) is 37.1 Å². The summed E-state index contributed by atoms with van der Waals surface area (Å²) in [6, 6.07) is 95.2. The molecule has 1 heterocycles. The van der Waals surface area contributed by atoms with Crippen molar-refractivity contribution in [3.63, 3.8) is 0 Å². The van der Waals surface area contributed by atoms with Crippen molar-refractivity contribution < 1.29 is 0 Å². The Morgan fingerprint density at radius 1 is 0.258 bits per heavy atom. The third kappa shape index (κ3) is 7.24. The first kappa shape index (κ1) is 39.3. The van der Waals surface area contributed by atoms with Gasteiger partial charge < -0.3 is 4.90 Å². The highest BCUT2D eigenvalue weighted by Gasteiger charge is 2.23. The molecular weight excluding hydrogens is 815 g/mol. The average molecular weight is 858 g/mol. The molecule has 1 aromatic heterocycles. The van der Waals surface area contributed by atoms with E-state index in [1.807, 2.05) is 11.3 Å². The summed E-state index contributed by atoms with van der Waals surface area (Å²) in [5.41, 5.74) is 17.6. The fourth-order valence-corrected chi connectivity index (χ4v) is 10.8. The van der Waals surface area contributed by atoms with E-state index in [0.717, 1.165) is 17.1 Å². The van der Waals surface area contributed by atoms with Crippen molar-refractivity contribution in [3.05, 3.63) is 261 Å². The molecule has 0 saturated heterocycles. The number of hydrogen-bond donors (Lipinski definition) is 0. The number of thiophene rings is 1. The van der Waals surface area contributed by atoms with Crippen molar-refractivity contribution in [3.8, 4) is 66.8 Å². The van der Waals surface area contributed by atoms with E-state index in [9.17, 15) is 0 Å². The van der Waals surface area contributed by atoms with E-state index in [-0.39, 0.29) is 0 Å². The molecule has 12 rings (SSSR count). The Bertz CT molecular complexity index is 3660. The van der Waals surface area contributed by atoms with Crippen LogP contribution in [-0.4, -0.2) is 0 Å². The summed E-state index contributed by atoms with van der Waals surface area (Å²) in [6.07, 6.45) is 0. The fourth-order valence-electron chi connectivity index (χ4n) is 9.70. The maximum absolute atomic E-state index is 2.44. The molecule has 66 heavy (non-hydrogen) atoms. The molecule has 11 aromatic carbocycles. The third-order valence-electron chi connectivity index (χ3n) is 12.9. The van der Waals surface area contributed by atoms with Gasteiger partial charge in [-0.25, -0.2) is 0 Å². The number of fused-ring (bicyclic) bond motifs is 4. The van der Waals surface area contributed by atoms with Crippen LogP contribution in [0, 0.1) is 0 Å². The summed E-state index contributed by atoms with van der Waals surface area (Å²) in [4.78, 5) is 2.44. The van der Waals surface area contributed by atoms with Gasteiger partial charge >= 0.3 is 0 Å². The minimum Gasteiger partial charge on any atom is -0.310 e. The highest BCUT2D eigenvalue weighted by atomic mass is 32.1. The zero-order valence-electron chi connectivity index (χ0n) is 36.2. The number of rotatable bonds is 9. The Labute approximate surface area is 389 Å². The summed E-state index contributed by atoms with van der Waals surface area (Å²) in [5.74, 6) is 0. The molecule has 0 bridgehead atoms. The first-order valence-electron chi connectivity index (χ1n) is 22.6. The van der Waals surface area contributed by atoms with E-state index in [1.54, 1.807) is 0 Å². The van der Waals surface area contributed by atoms with Gasteiger partial charge in [-0.1, -0.05) is 218 Å². The second kappa shape index (κ2) is 17.0. The van der Waals surface area contributed by atoms with Crippen LogP contribution in [0.4, 0.5) is 17.1 Å². The Kier molecular flexibility index (Phi) is 10.1. The second-order valence-corrected chi connectivity index (χ2v) is 17.9. The molecule has 0 fully saturated rings. The Morgan fingerprint density at radius 2 is 0.712 bits per heavy atom. The van der Waals surface area contributed by atoms with Crippen LogP contribution in [-0.2, 0) is 0 Å². The quantitative estimate of drug-likeness (QED) is 0.140. The average Bonchev–Trinajstić information content (AvgIpc) is 3.78. The number of hydrogen-bond acceptors (Lipinski definition) is 2. The summed E-state index contributed by atoms with van der Waals surface area (Å²) in [6.45, 7) is 0. The molecule has 0 saturated carbocycles. The maximum Gasteiger partial charge on any atom is 0.0546 e. The van der Waals surface area contributed by atoms with Gasteiger partial charge in [-0.3, -0.25) is 0 Å². The minimum atomic E-state index is 1.08. The standard InChI is InChI=1S/C64H43NS/c1-3-15-47(16-4-1)56-22-9-10-24-60(56)64-57(49-17-5-2-6-18-49)26-14-27-61(64)65(53-40-35-46(36-41-53)51-37-42-59-58-23-11-12-28-62(58)66-63(59)43-51)52-38-33-45(34-39-52)44-29-31-50(32-30-44)55-25-13-20-48-19-7-8-21-54(48)55/h1-43H. The molecule has 0 spiro atoms. The number of anilines is 3. The van der Waals surface area contributed by atoms with Crippen LogP contribution in [0.15, 0.2) is 261 Å². The van der Waals surface area contributed by atoms with E-state index < -0.39 is 0 Å². The second-order valence-electron chi connectivity index (χ2n) is 16.8. The molecular formula is C64H43NS. The Hall–Kier alpha value is -8.30. The van der Waals surface area contributed by atoms with Crippen LogP contribution < -0.4 is 4.90 Å². The van der Waals surface area contributed by atoms with Crippen LogP contribution in [0.1, 0.15) is 0 Å². The largest absolute Gasteiger partial charge is 0.310 e. The maximum atomic E-state index is 2.44. The minimum absolute atomic E-state index is 1.08. The van der Waals surface area contributed by atoms with E-state index in [1.165, 1.54) is 97.7 Å². The van der Waals surface area contributed by atoms with Crippen molar-refractivity contribution in [2.24, 2.45) is 0 Å². The summed E-state index contributed by atoms with van der Waals surface area (Å²) in [5, 5.41) is 5.16. The SMILES string of the molecule is c1ccc(-c2ccccc2-c2c(-c3ccccc3)cccc2N(c2ccc(-c3ccc(-c4cccc5ccccc45)cc3)cc2)c2ccc(-c3ccc4c(c3)sc3ccccc34)cc2)cc1. The topological polar surface area (TPSA) is 3.24 Å². The van der Waals surface area contributed by atoms with Gasteiger partial charge in [0.2, 0.25) is 0 Å². The predicted octanol–water partition coefficient (Wildman–Crippen LogP) is 18.7. The van der Waals surface area contributed by atoms with Crippen molar-refractivity contribution >= 4 is 59.3 Å². The highest BCUT2D eigenvalue weighted by Crippen LogP contribution is 2.48. The first-order valence-corrected chi connectivity index (χ1v) is 23.4. The lowest BCUT2D eigenvalue weighted by atomic mass is 9.87. The molecule has 310 valence electrons. The van der Waals surface area contributed by atoms with Gasteiger partial charge in [-0.15, -0.1) is 11.3 Å². The summed E-state index contributed by atoms with van der Waals surface area (Å²) < 4.78 is 2.63. The lowest BCUT2D eigenvalue weighted by Gasteiger charge is -2.30. The van der Waals surface area contributed by atoms with Crippen LogP contribution in [0.5, 0.6) is 0 Å². The van der Waals surface area contributed by atoms with E-state index >= 15 is 0 Å². The Balaban J connectivity index is 0.995. The third-order valence-corrected chi connectivity index (χ3v) is 14.1. The highest BCUT2D eigenvalue weighted by molar-refractivity contribution is 7.25. The fraction of sp³-hybridized carbons (Fsp3) is 0. The molecule has 0 N–H and O–H groups in total. The lowest BCUT2D eigenvalue weighted by Crippen LogP contribution is -2.12. The van der Waals surface area contributed by atoms with Gasteiger partial charge in [0.25, 0.3) is 0 Å². The normalized spacial score (nSPS) is 11.3. The summed E-state index contributed by atoms with van der Waals surface area (Å²) in [7, 11) is 0. The molecule has 0 radical (unpaired) electrons. The molecule has 0 aliphatic carbocycles. The molecule has 0 aliphatic heterocycles. The monoisotopic (exact) mass is 857 g/mol. The molecule has 0 unspecified atom stereocenters. The lowest BCUT2D eigenvalue weighted by molar-refractivity contribution is 1.28. The predicted molar refractivity (Wildman–Crippen MR) is 284 cm³/mol.